The van der Waals surface area contributed by atoms with E-state index >= 15 is 0 Å². The fraction of sp³-hybridized carbons (Fsp3) is 0.435. The Kier molecular flexibility index (Phi) is 6.17. The van der Waals surface area contributed by atoms with Gasteiger partial charge in [0.15, 0.2) is 0 Å². The summed E-state index contributed by atoms with van der Waals surface area (Å²) >= 11 is 0. The van der Waals surface area contributed by atoms with E-state index in [1.807, 2.05) is 0 Å². The third kappa shape index (κ3) is 5.18. The number of amidine groups is 1. The summed E-state index contributed by atoms with van der Waals surface area (Å²) in [6.45, 7) is 7.45. The number of hydrogen-bond acceptors (Lipinski definition) is 4. The highest BCUT2D eigenvalue weighted by atomic mass is 15.3. The minimum atomic E-state index is 0.577. The monoisotopic (exact) mass is 362 g/mol. The first-order chi connectivity index (χ1) is 13.4. The van der Waals surface area contributed by atoms with E-state index in [0.717, 1.165) is 52.2 Å². The lowest BCUT2D eigenvalue weighted by Gasteiger charge is -2.42. The summed E-state index contributed by atoms with van der Waals surface area (Å²) in [6.07, 6.45) is 2.24. The maximum Gasteiger partial charge on any atom is 0.0965 e. The van der Waals surface area contributed by atoms with Gasteiger partial charge in [-0.05, 0) is 17.5 Å². The predicted molar refractivity (Wildman–Crippen MR) is 112 cm³/mol. The molecule has 27 heavy (non-hydrogen) atoms. The largest absolute Gasteiger partial charge is 0.372 e. The van der Waals surface area contributed by atoms with E-state index in [9.17, 15) is 0 Å². The summed E-state index contributed by atoms with van der Waals surface area (Å²) in [5.74, 6) is 1.20. The molecule has 0 radical (unpaired) electrons. The van der Waals surface area contributed by atoms with Gasteiger partial charge in [0.2, 0.25) is 0 Å². The third-order valence-electron chi connectivity index (χ3n) is 5.62. The Hall–Kier alpha value is -2.17. The van der Waals surface area contributed by atoms with Gasteiger partial charge in [0.05, 0.1) is 12.4 Å². The Morgan fingerprint density at radius 1 is 0.889 bits per heavy atom. The molecule has 142 valence electrons. The van der Waals surface area contributed by atoms with Crippen LogP contribution in [-0.4, -0.2) is 54.4 Å². The number of hydrogen-bond donors (Lipinski definition) is 1. The van der Waals surface area contributed by atoms with Crippen molar-refractivity contribution in [2.75, 3.05) is 32.7 Å². The van der Waals surface area contributed by atoms with Crippen LogP contribution in [0, 0.1) is 0 Å². The highest BCUT2D eigenvalue weighted by molar-refractivity contribution is 5.83. The Bertz CT molecular complexity index is 729. The molecule has 0 amide bonds. The van der Waals surface area contributed by atoms with Crippen molar-refractivity contribution in [1.82, 2.24) is 15.1 Å². The van der Waals surface area contributed by atoms with Crippen molar-refractivity contribution in [3.8, 4) is 0 Å². The molecule has 1 atom stereocenters. The summed E-state index contributed by atoms with van der Waals surface area (Å²) in [6, 6.07) is 22.3. The topological polar surface area (TPSA) is 30.9 Å². The average molecular weight is 363 g/mol. The van der Waals surface area contributed by atoms with Gasteiger partial charge in [0, 0.05) is 51.7 Å². The molecule has 2 aliphatic rings. The van der Waals surface area contributed by atoms with Crippen molar-refractivity contribution >= 4 is 5.84 Å². The van der Waals surface area contributed by atoms with Crippen LogP contribution >= 0.6 is 0 Å². The normalized spacial score (nSPS) is 21.0. The van der Waals surface area contributed by atoms with Gasteiger partial charge in [-0.2, -0.15) is 0 Å². The first-order valence-electron chi connectivity index (χ1n) is 10.2. The molecule has 2 aromatic rings. The quantitative estimate of drug-likeness (QED) is 0.821. The fourth-order valence-corrected chi connectivity index (χ4v) is 4.16. The average Bonchev–Trinajstić information content (AvgIpc) is 3.23. The molecule has 0 aromatic heterocycles. The van der Waals surface area contributed by atoms with Crippen molar-refractivity contribution in [3.05, 3.63) is 71.8 Å². The molecule has 0 spiro atoms. The molecule has 1 saturated heterocycles. The van der Waals surface area contributed by atoms with Crippen LogP contribution in [0.15, 0.2) is 65.7 Å². The number of nitrogens with zero attached hydrogens (tertiary/aromatic N) is 3. The molecule has 2 aromatic carbocycles. The molecular formula is C23H30N4. The Morgan fingerprint density at radius 3 is 2.26 bits per heavy atom. The van der Waals surface area contributed by atoms with Crippen LogP contribution in [0.5, 0.6) is 0 Å². The van der Waals surface area contributed by atoms with E-state index < -0.39 is 0 Å². The molecule has 4 nitrogen and oxygen atoms in total. The highest BCUT2D eigenvalue weighted by Gasteiger charge is 2.27. The van der Waals surface area contributed by atoms with Gasteiger partial charge >= 0.3 is 0 Å². The number of piperazine rings is 1. The number of nitrogens with one attached hydrogen (secondary N) is 1. The van der Waals surface area contributed by atoms with Gasteiger partial charge in [-0.3, -0.25) is 14.8 Å². The zero-order valence-electron chi connectivity index (χ0n) is 16.1. The van der Waals surface area contributed by atoms with Crippen molar-refractivity contribution < 1.29 is 0 Å². The molecule has 1 unspecified atom stereocenters. The minimum Gasteiger partial charge on any atom is -0.372 e. The smallest absolute Gasteiger partial charge is 0.0965 e. The SMILES string of the molecule is c1ccc(CN2CCN(Cc3ccccc3)C(CCC3=NCCN3)C2)cc1. The van der Waals surface area contributed by atoms with E-state index in [1.165, 1.54) is 23.4 Å². The Balaban J connectivity index is 1.40. The summed E-state index contributed by atoms with van der Waals surface area (Å²) in [4.78, 5) is 9.88. The van der Waals surface area contributed by atoms with Crippen LogP contribution in [0.25, 0.3) is 0 Å². The number of aliphatic imine (C=N–C) groups is 1. The molecule has 0 saturated carbocycles. The van der Waals surface area contributed by atoms with E-state index in [2.05, 4.69) is 80.8 Å². The Morgan fingerprint density at radius 2 is 1.59 bits per heavy atom. The second-order valence-electron chi connectivity index (χ2n) is 7.62. The maximum absolute atomic E-state index is 4.59. The van der Waals surface area contributed by atoms with Crippen LogP contribution in [-0.2, 0) is 13.1 Å². The van der Waals surface area contributed by atoms with Gasteiger partial charge in [0.25, 0.3) is 0 Å². The van der Waals surface area contributed by atoms with Crippen LogP contribution in [0.1, 0.15) is 24.0 Å². The molecule has 0 aliphatic carbocycles. The lowest BCUT2D eigenvalue weighted by Crippen LogP contribution is -2.52. The van der Waals surface area contributed by atoms with Gasteiger partial charge in [-0.15, -0.1) is 0 Å². The molecule has 4 heteroatoms. The van der Waals surface area contributed by atoms with Gasteiger partial charge in [-0.1, -0.05) is 60.7 Å². The maximum atomic E-state index is 4.59. The zero-order valence-corrected chi connectivity index (χ0v) is 16.1. The van der Waals surface area contributed by atoms with Crippen LogP contribution < -0.4 is 5.32 Å². The van der Waals surface area contributed by atoms with Gasteiger partial charge in [0.1, 0.15) is 0 Å². The molecule has 4 rings (SSSR count). The van der Waals surface area contributed by atoms with E-state index in [1.54, 1.807) is 0 Å². The molecule has 1 fully saturated rings. The highest BCUT2D eigenvalue weighted by Crippen LogP contribution is 2.20. The zero-order chi connectivity index (χ0) is 18.3. The molecule has 0 bridgehead atoms. The van der Waals surface area contributed by atoms with Crippen LogP contribution in [0.3, 0.4) is 0 Å². The first-order valence-corrected chi connectivity index (χ1v) is 10.2. The van der Waals surface area contributed by atoms with E-state index in [4.69, 9.17) is 0 Å². The minimum absolute atomic E-state index is 0.577. The van der Waals surface area contributed by atoms with Crippen molar-refractivity contribution in [2.24, 2.45) is 4.99 Å². The van der Waals surface area contributed by atoms with Crippen molar-refractivity contribution in [3.63, 3.8) is 0 Å². The summed E-state index contributed by atoms with van der Waals surface area (Å²) in [7, 11) is 0. The summed E-state index contributed by atoms with van der Waals surface area (Å²) in [5.41, 5.74) is 2.82. The number of benzene rings is 2. The lowest BCUT2D eigenvalue weighted by molar-refractivity contribution is 0.0605. The van der Waals surface area contributed by atoms with Crippen LogP contribution in [0.4, 0.5) is 0 Å². The second kappa shape index (κ2) is 9.16. The predicted octanol–water partition coefficient (Wildman–Crippen LogP) is 3.15. The molecule has 2 aliphatic heterocycles. The lowest BCUT2D eigenvalue weighted by atomic mass is 10.0. The van der Waals surface area contributed by atoms with Crippen molar-refractivity contribution in [2.45, 2.75) is 32.0 Å². The molecular weight excluding hydrogens is 332 g/mol. The molecule has 2 heterocycles. The third-order valence-corrected chi connectivity index (χ3v) is 5.62. The van der Waals surface area contributed by atoms with E-state index in [-0.39, 0.29) is 0 Å². The first kappa shape index (κ1) is 18.2. The summed E-state index contributed by atoms with van der Waals surface area (Å²) < 4.78 is 0. The van der Waals surface area contributed by atoms with Crippen molar-refractivity contribution in [1.29, 1.82) is 0 Å². The molecule has 1 N–H and O–H groups in total. The van der Waals surface area contributed by atoms with Gasteiger partial charge in [-0.25, -0.2) is 0 Å². The second-order valence-corrected chi connectivity index (χ2v) is 7.62. The summed E-state index contributed by atoms with van der Waals surface area (Å²) in [5, 5.41) is 3.43. The fourth-order valence-electron chi connectivity index (χ4n) is 4.16. The number of rotatable bonds is 7. The Labute approximate surface area is 162 Å². The van der Waals surface area contributed by atoms with Gasteiger partial charge < -0.3 is 5.32 Å². The van der Waals surface area contributed by atoms with Crippen LogP contribution in [0.2, 0.25) is 0 Å². The standard InChI is InChI=1S/C23H30N4/c1-3-7-20(8-4-1)17-26-15-16-27(18-21-9-5-2-6-10-21)22(19-26)11-12-23-24-13-14-25-23/h1-10,22H,11-19H2,(H,24,25). The van der Waals surface area contributed by atoms with E-state index in [0.29, 0.717) is 6.04 Å².